The number of aromatic nitrogens is 2. The van der Waals surface area contributed by atoms with Crippen LogP contribution in [0.25, 0.3) is 17.5 Å². The monoisotopic (exact) mass is 229 g/mol. The Bertz CT molecular complexity index is 561. The zero-order valence-electron chi connectivity index (χ0n) is 8.20. The Morgan fingerprint density at radius 3 is 3.12 bits per heavy atom. The van der Waals surface area contributed by atoms with E-state index >= 15 is 0 Å². The topological polar surface area (TPSA) is 51.3 Å². The molecule has 1 aliphatic rings. The Morgan fingerprint density at radius 1 is 1.25 bits per heavy atom. The van der Waals surface area contributed by atoms with Crippen LogP contribution in [0.1, 0.15) is 5.56 Å². The average Bonchev–Trinajstić information content (AvgIpc) is 2.74. The third kappa shape index (κ3) is 1.65. The molecule has 0 aliphatic carbocycles. The largest absolute Gasteiger partial charge is 0.334 e. The molecule has 2 heterocycles. The van der Waals surface area contributed by atoms with E-state index < -0.39 is 0 Å². The minimum absolute atomic E-state index is 0.534. The normalized spacial score (nSPS) is 13.5. The third-order valence-electron chi connectivity index (χ3n) is 2.19. The molecule has 0 radical (unpaired) electrons. The zero-order valence-corrected chi connectivity index (χ0v) is 9.02. The molecule has 0 amide bonds. The lowest BCUT2D eigenvalue weighted by molar-refractivity contribution is 0.430. The molecule has 0 N–H and O–H groups in total. The van der Waals surface area contributed by atoms with Crippen LogP contribution >= 0.6 is 11.9 Å². The van der Waals surface area contributed by atoms with Gasteiger partial charge in [-0.1, -0.05) is 11.2 Å². The molecule has 0 saturated heterocycles. The van der Waals surface area contributed by atoms with Crippen LogP contribution in [0.15, 0.2) is 44.4 Å². The van der Waals surface area contributed by atoms with Crippen LogP contribution in [0.3, 0.4) is 0 Å². The van der Waals surface area contributed by atoms with E-state index in [0.717, 1.165) is 16.0 Å². The average molecular weight is 229 g/mol. The van der Waals surface area contributed by atoms with Crippen LogP contribution < -0.4 is 0 Å². The van der Waals surface area contributed by atoms with Crippen molar-refractivity contribution < 1.29 is 4.52 Å². The predicted molar refractivity (Wildman–Crippen MR) is 63.1 cm³/mol. The molecule has 1 aromatic heterocycles. The predicted octanol–water partition coefficient (Wildman–Crippen LogP) is 2.84. The molecule has 0 atom stereocenters. The van der Waals surface area contributed by atoms with Crippen molar-refractivity contribution in [3.05, 3.63) is 36.2 Å². The van der Waals surface area contributed by atoms with E-state index in [1.54, 1.807) is 6.21 Å². The van der Waals surface area contributed by atoms with E-state index in [9.17, 15) is 0 Å². The molecule has 5 heteroatoms. The molecule has 0 spiro atoms. The van der Waals surface area contributed by atoms with Gasteiger partial charge < -0.3 is 4.52 Å². The quantitative estimate of drug-likeness (QED) is 0.705. The van der Waals surface area contributed by atoms with E-state index in [1.807, 2.05) is 30.4 Å². The van der Waals surface area contributed by atoms with Crippen LogP contribution in [-0.2, 0) is 0 Å². The first-order valence-electron chi connectivity index (χ1n) is 4.71. The molecule has 1 aromatic carbocycles. The lowest BCUT2D eigenvalue weighted by Gasteiger charge is -2.02. The summed E-state index contributed by atoms with van der Waals surface area (Å²) in [4.78, 5) is 5.14. The zero-order chi connectivity index (χ0) is 10.8. The van der Waals surface area contributed by atoms with Crippen molar-refractivity contribution in [2.75, 3.05) is 0 Å². The maximum absolute atomic E-state index is 5.02. The molecule has 78 valence electrons. The molecule has 0 fully saturated rings. The second kappa shape index (κ2) is 3.94. The number of fused-ring (bicyclic) bond motifs is 1. The Hall–Kier alpha value is -1.88. The summed E-state index contributed by atoms with van der Waals surface area (Å²) in [5.74, 6) is 0.534. The lowest BCUT2D eigenvalue weighted by atomic mass is 10.1. The first-order valence-corrected chi connectivity index (χ1v) is 5.49. The van der Waals surface area contributed by atoms with Crippen molar-refractivity contribution in [2.45, 2.75) is 4.90 Å². The first kappa shape index (κ1) is 9.35. The Labute approximate surface area is 96.2 Å². The van der Waals surface area contributed by atoms with Crippen molar-refractivity contribution in [2.24, 2.45) is 4.40 Å². The van der Waals surface area contributed by atoms with Gasteiger partial charge in [0.05, 0.1) is 0 Å². The Morgan fingerprint density at radius 2 is 2.25 bits per heavy atom. The molecule has 3 rings (SSSR count). The number of hydrogen-bond acceptors (Lipinski definition) is 5. The highest BCUT2D eigenvalue weighted by Crippen LogP contribution is 2.30. The van der Waals surface area contributed by atoms with Crippen molar-refractivity contribution in [3.8, 4) is 11.5 Å². The molecule has 4 nitrogen and oxygen atoms in total. The summed E-state index contributed by atoms with van der Waals surface area (Å²) in [6, 6.07) is 5.97. The number of nitrogens with zero attached hydrogens (tertiary/aromatic N) is 3. The second-order valence-electron chi connectivity index (χ2n) is 3.20. The van der Waals surface area contributed by atoms with Crippen molar-refractivity contribution in [3.63, 3.8) is 0 Å². The number of allylic oxidation sites excluding steroid dienone is 1. The van der Waals surface area contributed by atoms with Gasteiger partial charge in [-0.25, -0.2) is 4.40 Å². The summed E-state index contributed by atoms with van der Waals surface area (Å²) in [6.45, 7) is 0. The Balaban J connectivity index is 2.09. The van der Waals surface area contributed by atoms with Crippen LogP contribution in [0.5, 0.6) is 0 Å². The molecule has 0 saturated carbocycles. The van der Waals surface area contributed by atoms with Gasteiger partial charge in [0, 0.05) is 28.6 Å². The number of hydrogen-bond donors (Lipinski definition) is 0. The van der Waals surface area contributed by atoms with E-state index in [0.29, 0.717) is 5.89 Å². The van der Waals surface area contributed by atoms with Gasteiger partial charge in [-0.2, -0.15) is 4.98 Å². The standard InChI is InChI=1S/C11H7N3OS/c1-2-8-6-9(11-12-7-13-15-11)3-4-10(8)16-14-5-1/h1-7H. The van der Waals surface area contributed by atoms with Crippen LogP contribution in [0, 0.1) is 0 Å². The maximum atomic E-state index is 5.02. The van der Waals surface area contributed by atoms with Gasteiger partial charge >= 0.3 is 0 Å². The van der Waals surface area contributed by atoms with Crippen LogP contribution in [-0.4, -0.2) is 16.4 Å². The van der Waals surface area contributed by atoms with Gasteiger partial charge in [0.25, 0.3) is 5.89 Å². The fourth-order valence-corrected chi connectivity index (χ4v) is 2.07. The minimum atomic E-state index is 0.534. The SMILES string of the molecule is C1=Cc2cc(-c3ncno3)ccc2SN=C1. The number of benzene rings is 1. The summed E-state index contributed by atoms with van der Waals surface area (Å²) in [5.41, 5.74) is 2.03. The molecular formula is C11H7N3OS. The smallest absolute Gasteiger partial charge is 0.257 e. The summed E-state index contributed by atoms with van der Waals surface area (Å²) in [5, 5.41) is 3.60. The van der Waals surface area contributed by atoms with Crippen molar-refractivity contribution >= 4 is 24.2 Å². The maximum Gasteiger partial charge on any atom is 0.257 e. The Kier molecular flexibility index (Phi) is 2.30. The third-order valence-corrected chi connectivity index (χ3v) is 2.99. The fraction of sp³-hybridized carbons (Fsp3) is 0. The van der Waals surface area contributed by atoms with Gasteiger partial charge in [-0.3, -0.25) is 0 Å². The molecule has 2 aromatic rings. The summed E-state index contributed by atoms with van der Waals surface area (Å²) >= 11 is 1.46. The van der Waals surface area contributed by atoms with Crippen molar-refractivity contribution in [1.29, 1.82) is 0 Å². The molecular weight excluding hydrogens is 222 g/mol. The molecule has 0 unspecified atom stereocenters. The fourth-order valence-electron chi connectivity index (χ4n) is 1.46. The highest BCUT2D eigenvalue weighted by atomic mass is 32.2. The van der Waals surface area contributed by atoms with E-state index in [-0.39, 0.29) is 0 Å². The van der Waals surface area contributed by atoms with Crippen LogP contribution in [0.2, 0.25) is 0 Å². The van der Waals surface area contributed by atoms with Crippen LogP contribution in [0.4, 0.5) is 0 Å². The van der Waals surface area contributed by atoms with Crippen molar-refractivity contribution in [1.82, 2.24) is 10.1 Å². The van der Waals surface area contributed by atoms with Gasteiger partial charge in [0.15, 0.2) is 6.33 Å². The molecule has 16 heavy (non-hydrogen) atoms. The first-order chi connectivity index (χ1) is 7.93. The highest BCUT2D eigenvalue weighted by molar-refractivity contribution is 7.98. The number of rotatable bonds is 1. The summed E-state index contributed by atoms with van der Waals surface area (Å²) in [7, 11) is 0. The van der Waals surface area contributed by atoms with Gasteiger partial charge in [-0.05, 0) is 29.8 Å². The van der Waals surface area contributed by atoms with E-state index in [1.165, 1.54) is 18.3 Å². The lowest BCUT2D eigenvalue weighted by Crippen LogP contribution is -1.82. The molecule has 1 aliphatic heterocycles. The van der Waals surface area contributed by atoms with Gasteiger partial charge in [-0.15, -0.1) is 0 Å². The summed E-state index contributed by atoms with van der Waals surface area (Å²) < 4.78 is 9.18. The van der Waals surface area contributed by atoms with Gasteiger partial charge in [0.1, 0.15) is 0 Å². The molecule has 0 bridgehead atoms. The van der Waals surface area contributed by atoms with E-state index in [4.69, 9.17) is 4.52 Å². The second-order valence-corrected chi connectivity index (χ2v) is 4.04. The van der Waals surface area contributed by atoms with Gasteiger partial charge in [0.2, 0.25) is 0 Å². The van der Waals surface area contributed by atoms with E-state index in [2.05, 4.69) is 14.5 Å². The minimum Gasteiger partial charge on any atom is -0.334 e. The summed E-state index contributed by atoms with van der Waals surface area (Å²) in [6.07, 6.45) is 7.10. The highest BCUT2D eigenvalue weighted by Gasteiger charge is 2.08.